The molecule has 0 radical (unpaired) electrons. The Morgan fingerprint density at radius 2 is 1.86 bits per heavy atom. The van der Waals surface area contributed by atoms with Crippen LogP contribution in [0.25, 0.3) is 0 Å². The number of nitrogens with zero attached hydrogens (tertiary/aromatic N) is 6. The van der Waals surface area contributed by atoms with Crippen molar-refractivity contribution in [2.45, 2.75) is 83.0 Å². The van der Waals surface area contributed by atoms with E-state index in [0.717, 1.165) is 5.56 Å². The van der Waals surface area contributed by atoms with Gasteiger partial charge in [0, 0.05) is 54.0 Å². The molecule has 3 aromatic heterocycles. The van der Waals surface area contributed by atoms with Crippen molar-refractivity contribution in [1.82, 2.24) is 29.6 Å². The first-order chi connectivity index (χ1) is 20.3. The second-order valence-electron chi connectivity index (χ2n) is 12.8. The molecule has 1 aromatic carbocycles. The average Bonchev–Trinajstić information content (AvgIpc) is 3.72. The maximum Gasteiger partial charge on any atom is 0.334 e. The number of hydrogen-bond acceptors (Lipinski definition) is 9. The first-order valence-electron chi connectivity index (χ1n) is 14.2. The molecule has 4 heterocycles. The molecule has 0 aliphatic carbocycles. The molecule has 1 aliphatic rings. The third kappa shape index (κ3) is 6.04. The van der Waals surface area contributed by atoms with Crippen LogP contribution in [0.4, 0.5) is 0 Å². The van der Waals surface area contributed by atoms with Gasteiger partial charge in [-0.1, -0.05) is 26.8 Å². The minimum absolute atomic E-state index is 0.0799. The van der Waals surface area contributed by atoms with Gasteiger partial charge in [0.25, 0.3) is 5.91 Å². The van der Waals surface area contributed by atoms with Crippen molar-refractivity contribution in [3.05, 3.63) is 88.7 Å². The summed E-state index contributed by atoms with van der Waals surface area (Å²) >= 11 is 1.43. The van der Waals surface area contributed by atoms with Gasteiger partial charge in [0.05, 0.1) is 25.4 Å². The third-order valence-electron chi connectivity index (χ3n) is 7.58. The lowest BCUT2D eigenvalue weighted by atomic mass is 9.85. The Morgan fingerprint density at radius 3 is 2.44 bits per heavy atom. The first-order valence-corrected chi connectivity index (χ1v) is 15.1. The minimum atomic E-state index is -1.45. The quantitative estimate of drug-likeness (QED) is 0.252. The van der Waals surface area contributed by atoms with E-state index in [1.54, 1.807) is 72.1 Å². The van der Waals surface area contributed by atoms with Crippen LogP contribution in [0.2, 0.25) is 0 Å². The number of aromatic nitrogens is 5. The molecule has 0 spiro atoms. The molecular formula is C32H38N6O4S. The molecule has 43 heavy (non-hydrogen) atoms. The Kier molecular flexibility index (Phi) is 8.13. The lowest BCUT2D eigenvalue weighted by Crippen LogP contribution is -2.58. The smallest absolute Gasteiger partial charge is 0.334 e. The summed E-state index contributed by atoms with van der Waals surface area (Å²) in [4.78, 5) is 44.7. The van der Waals surface area contributed by atoms with Crippen LogP contribution in [0.1, 0.15) is 86.5 Å². The van der Waals surface area contributed by atoms with Crippen LogP contribution in [0, 0.1) is 0 Å². The van der Waals surface area contributed by atoms with Gasteiger partial charge >= 0.3 is 5.97 Å². The molecule has 1 aliphatic heterocycles. The van der Waals surface area contributed by atoms with E-state index < -0.39 is 29.1 Å². The molecular weight excluding hydrogens is 564 g/mol. The number of carbonyl (C=O) groups is 2. The van der Waals surface area contributed by atoms with E-state index in [1.807, 2.05) is 32.2 Å². The standard InChI is InChI=1S/C32H38N6O4S/c1-30(2,3)23-10-9-21(17-25(23)41-7)28(39)38-26(27-35-14-16-43-27)22(24-19-33-12-13-34-24)18-32(38,20-37-15-8-11-36-37)29(40)42-31(4,5)6/h8-17,19,22,26H,18,20H2,1-7H3/t22-,26-,32-/m1/s1. The molecule has 1 saturated heterocycles. The Bertz CT molecular complexity index is 1560. The number of rotatable bonds is 7. The maximum atomic E-state index is 14.9. The minimum Gasteiger partial charge on any atom is -0.496 e. The van der Waals surface area contributed by atoms with Crippen LogP contribution < -0.4 is 4.74 Å². The molecule has 0 unspecified atom stereocenters. The lowest BCUT2D eigenvalue weighted by Gasteiger charge is -2.40. The molecule has 4 aromatic rings. The van der Waals surface area contributed by atoms with Gasteiger partial charge in [0.15, 0.2) is 5.54 Å². The number of thiazole rings is 1. The fourth-order valence-corrected chi connectivity index (χ4v) is 6.57. The zero-order valence-electron chi connectivity index (χ0n) is 25.6. The van der Waals surface area contributed by atoms with Crippen molar-refractivity contribution in [3.8, 4) is 5.75 Å². The molecule has 10 nitrogen and oxygen atoms in total. The Hall–Kier alpha value is -4.12. The summed E-state index contributed by atoms with van der Waals surface area (Å²) in [7, 11) is 1.60. The van der Waals surface area contributed by atoms with Gasteiger partial charge in [-0.05, 0) is 56.4 Å². The molecule has 226 valence electrons. The van der Waals surface area contributed by atoms with Crippen LogP contribution in [-0.2, 0) is 21.5 Å². The molecule has 3 atom stereocenters. The summed E-state index contributed by atoms with van der Waals surface area (Å²) in [5, 5.41) is 6.99. The van der Waals surface area contributed by atoms with Crippen LogP contribution in [-0.4, -0.2) is 59.8 Å². The maximum absolute atomic E-state index is 14.9. The summed E-state index contributed by atoms with van der Waals surface area (Å²) in [5.41, 5.74) is -0.447. The topological polar surface area (TPSA) is 112 Å². The van der Waals surface area contributed by atoms with Gasteiger partial charge in [-0.3, -0.25) is 19.4 Å². The number of methoxy groups -OCH3 is 1. The highest BCUT2D eigenvalue weighted by Crippen LogP contribution is 2.54. The van der Waals surface area contributed by atoms with Crippen LogP contribution in [0.5, 0.6) is 5.75 Å². The molecule has 11 heteroatoms. The van der Waals surface area contributed by atoms with Gasteiger partial charge in [-0.15, -0.1) is 11.3 Å². The van der Waals surface area contributed by atoms with E-state index in [1.165, 1.54) is 11.3 Å². The van der Waals surface area contributed by atoms with Gasteiger partial charge in [0.2, 0.25) is 0 Å². The lowest BCUT2D eigenvalue weighted by molar-refractivity contribution is -0.168. The molecule has 0 bridgehead atoms. The van der Waals surface area contributed by atoms with E-state index >= 15 is 0 Å². The Labute approximate surface area is 256 Å². The summed E-state index contributed by atoms with van der Waals surface area (Å²) in [6, 6.07) is 6.64. The van der Waals surface area contributed by atoms with Crippen molar-refractivity contribution >= 4 is 23.2 Å². The normalized spacial score (nSPS) is 20.7. The monoisotopic (exact) mass is 602 g/mol. The van der Waals surface area contributed by atoms with Gasteiger partial charge < -0.3 is 14.4 Å². The Morgan fingerprint density at radius 1 is 1.07 bits per heavy atom. The number of likely N-dealkylation sites (tertiary alicyclic amines) is 1. The summed E-state index contributed by atoms with van der Waals surface area (Å²) < 4.78 is 13.5. The largest absolute Gasteiger partial charge is 0.496 e. The van der Waals surface area contributed by atoms with Crippen molar-refractivity contribution in [2.24, 2.45) is 0 Å². The molecule has 0 saturated carbocycles. The number of carbonyl (C=O) groups excluding carboxylic acids is 2. The summed E-state index contributed by atoms with van der Waals surface area (Å²) in [5.74, 6) is -0.662. The van der Waals surface area contributed by atoms with E-state index in [-0.39, 0.29) is 24.3 Å². The predicted molar refractivity (Wildman–Crippen MR) is 163 cm³/mol. The van der Waals surface area contributed by atoms with Crippen LogP contribution in [0.3, 0.4) is 0 Å². The van der Waals surface area contributed by atoms with Crippen molar-refractivity contribution in [1.29, 1.82) is 0 Å². The highest BCUT2D eigenvalue weighted by molar-refractivity contribution is 7.09. The third-order valence-corrected chi connectivity index (χ3v) is 8.43. The van der Waals surface area contributed by atoms with E-state index in [4.69, 9.17) is 9.47 Å². The van der Waals surface area contributed by atoms with Crippen molar-refractivity contribution in [2.75, 3.05) is 7.11 Å². The predicted octanol–water partition coefficient (Wildman–Crippen LogP) is 5.59. The highest BCUT2D eigenvalue weighted by Gasteiger charge is 2.62. The first kappa shape index (κ1) is 30.3. The van der Waals surface area contributed by atoms with Gasteiger partial charge in [-0.2, -0.15) is 5.10 Å². The summed E-state index contributed by atoms with van der Waals surface area (Å²) in [6.45, 7) is 11.8. The number of ether oxygens (including phenoxy) is 2. The number of benzene rings is 1. The van der Waals surface area contributed by atoms with E-state index in [0.29, 0.717) is 22.0 Å². The van der Waals surface area contributed by atoms with Gasteiger partial charge in [0.1, 0.15) is 16.4 Å². The zero-order chi connectivity index (χ0) is 31.0. The Balaban J connectivity index is 1.75. The number of hydrogen-bond donors (Lipinski definition) is 0. The number of esters is 1. The van der Waals surface area contributed by atoms with E-state index in [2.05, 4.69) is 40.8 Å². The van der Waals surface area contributed by atoms with Crippen molar-refractivity contribution in [3.63, 3.8) is 0 Å². The average molecular weight is 603 g/mol. The SMILES string of the molecule is COc1cc(C(=O)N2[C@@H](c3nccs3)[C@@H](c3cnccn3)C[C@@]2(Cn2cccn2)C(=O)OC(C)(C)C)ccc1C(C)(C)C. The fraction of sp³-hybridized carbons (Fsp3) is 0.438. The summed E-state index contributed by atoms with van der Waals surface area (Å²) in [6.07, 6.45) is 10.3. The molecule has 0 N–H and O–H groups in total. The second-order valence-corrected chi connectivity index (χ2v) is 13.8. The van der Waals surface area contributed by atoms with Gasteiger partial charge in [-0.25, -0.2) is 9.78 Å². The van der Waals surface area contributed by atoms with E-state index in [9.17, 15) is 9.59 Å². The molecule has 1 fully saturated rings. The molecule has 5 rings (SSSR count). The van der Waals surface area contributed by atoms with Crippen LogP contribution >= 0.6 is 11.3 Å². The number of amides is 1. The molecule has 1 amide bonds. The van der Waals surface area contributed by atoms with Crippen molar-refractivity contribution < 1.29 is 19.1 Å². The second kappa shape index (κ2) is 11.5. The highest BCUT2D eigenvalue weighted by atomic mass is 32.1. The zero-order valence-corrected chi connectivity index (χ0v) is 26.5. The fourth-order valence-electron chi connectivity index (χ4n) is 5.78. The van der Waals surface area contributed by atoms with Crippen LogP contribution in [0.15, 0.2) is 66.8 Å².